The maximum atomic E-state index is 11.6. The first-order chi connectivity index (χ1) is 6.12. The number of methoxy groups -OCH3 is 1. The number of amides is 1. The minimum atomic E-state index is -0.699. The van der Waals surface area contributed by atoms with Gasteiger partial charge in [-0.3, -0.25) is 4.79 Å². The minimum Gasteiger partial charge on any atom is -0.377 e. The van der Waals surface area contributed by atoms with E-state index in [-0.39, 0.29) is 11.9 Å². The van der Waals surface area contributed by atoms with Gasteiger partial charge in [0.15, 0.2) is 0 Å². The Bertz CT molecular complexity index is 185. The van der Waals surface area contributed by atoms with Gasteiger partial charge < -0.3 is 14.8 Å². The number of hydrogen-bond acceptors (Lipinski definition) is 3. The molecule has 0 radical (unpaired) electrons. The van der Waals surface area contributed by atoms with E-state index in [1.54, 1.807) is 14.0 Å². The molecule has 13 heavy (non-hydrogen) atoms. The van der Waals surface area contributed by atoms with Crippen LogP contribution in [0, 0.1) is 0 Å². The van der Waals surface area contributed by atoms with Gasteiger partial charge in [-0.2, -0.15) is 0 Å². The molecule has 1 atom stereocenters. The number of carbonyl (C=O) groups is 1. The van der Waals surface area contributed by atoms with Crippen LogP contribution in [0.5, 0.6) is 0 Å². The predicted molar refractivity (Wildman–Crippen MR) is 48.5 cm³/mol. The second kappa shape index (κ2) is 4.07. The van der Waals surface area contributed by atoms with Gasteiger partial charge in [-0.25, -0.2) is 0 Å². The van der Waals surface area contributed by atoms with Gasteiger partial charge in [0.25, 0.3) is 5.91 Å². The Kier molecular flexibility index (Phi) is 3.27. The molecule has 0 aromatic rings. The van der Waals surface area contributed by atoms with Gasteiger partial charge in [-0.05, 0) is 13.3 Å². The molecule has 1 amide bonds. The zero-order chi connectivity index (χ0) is 9.90. The predicted octanol–water partition coefficient (Wildman–Crippen LogP) is 0.316. The summed E-state index contributed by atoms with van der Waals surface area (Å²) < 4.78 is 10.1. The molecule has 1 fully saturated rings. The van der Waals surface area contributed by atoms with Crippen molar-refractivity contribution in [2.75, 3.05) is 20.3 Å². The van der Waals surface area contributed by atoms with Crippen molar-refractivity contribution >= 4 is 5.91 Å². The Morgan fingerprint density at radius 3 is 2.62 bits per heavy atom. The van der Waals surface area contributed by atoms with Crippen LogP contribution in [0.15, 0.2) is 0 Å². The van der Waals surface area contributed by atoms with Gasteiger partial charge in [-0.15, -0.1) is 0 Å². The smallest absolute Gasteiger partial charge is 0.252 e. The molecule has 0 aromatic heterocycles. The maximum Gasteiger partial charge on any atom is 0.252 e. The summed E-state index contributed by atoms with van der Waals surface area (Å²) in [4.78, 5) is 11.6. The van der Waals surface area contributed by atoms with Crippen LogP contribution in [0.1, 0.15) is 20.3 Å². The first-order valence-electron chi connectivity index (χ1n) is 4.56. The second-order valence-electron chi connectivity index (χ2n) is 3.50. The highest BCUT2D eigenvalue weighted by Crippen LogP contribution is 2.14. The average molecular weight is 187 g/mol. The molecule has 4 nitrogen and oxygen atoms in total. The zero-order valence-electron chi connectivity index (χ0n) is 8.42. The lowest BCUT2D eigenvalue weighted by atomic mass is 10.0. The van der Waals surface area contributed by atoms with Crippen LogP contribution in [-0.4, -0.2) is 37.9 Å². The van der Waals surface area contributed by atoms with Crippen molar-refractivity contribution in [3.63, 3.8) is 0 Å². The molecule has 1 aliphatic heterocycles. The third-order valence-electron chi connectivity index (χ3n) is 2.58. The highest BCUT2D eigenvalue weighted by molar-refractivity contribution is 5.85. The van der Waals surface area contributed by atoms with Gasteiger partial charge >= 0.3 is 0 Å². The SMILES string of the molecule is CCC(C)(OC)C(=O)NC1COC1. The quantitative estimate of drug-likeness (QED) is 0.689. The second-order valence-corrected chi connectivity index (χ2v) is 3.50. The number of nitrogens with one attached hydrogen (secondary N) is 1. The molecule has 0 bridgehead atoms. The Morgan fingerprint density at radius 2 is 2.31 bits per heavy atom. The third-order valence-corrected chi connectivity index (χ3v) is 2.58. The van der Waals surface area contributed by atoms with Gasteiger partial charge in [0.2, 0.25) is 0 Å². The normalized spacial score (nSPS) is 21.8. The summed E-state index contributed by atoms with van der Waals surface area (Å²) >= 11 is 0. The Balaban J connectivity index is 2.43. The Labute approximate surface area is 78.6 Å². The van der Waals surface area contributed by atoms with Crippen LogP contribution in [-0.2, 0) is 14.3 Å². The van der Waals surface area contributed by atoms with Crippen molar-refractivity contribution in [1.29, 1.82) is 0 Å². The summed E-state index contributed by atoms with van der Waals surface area (Å²) in [5, 5.41) is 2.87. The minimum absolute atomic E-state index is 0.0502. The van der Waals surface area contributed by atoms with E-state index in [4.69, 9.17) is 9.47 Å². The highest BCUT2D eigenvalue weighted by Gasteiger charge is 2.33. The van der Waals surface area contributed by atoms with Gasteiger partial charge in [0.05, 0.1) is 19.3 Å². The molecular formula is C9H17NO3. The Hall–Kier alpha value is -0.610. The number of rotatable bonds is 4. The fourth-order valence-corrected chi connectivity index (χ4v) is 1.05. The van der Waals surface area contributed by atoms with E-state index < -0.39 is 5.60 Å². The maximum absolute atomic E-state index is 11.6. The van der Waals surface area contributed by atoms with E-state index in [2.05, 4.69) is 5.32 Å². The van der Waals surface area contributed by atoms with Crippen molar-refractivity contribution in [2.45, 2.75) is 31.9 Å². The molecule has 0 aromatic carbocycles. The molecule has 1 saturated heterocycles. The molecular weight excluding hydrogens is 170 g/mol. The highest BCUT2D eigenvalue weighted by atomic mass is 16.5. The summed E-state index contributed by atoms with van der Waals surface area (Å²) in [7, 11) is 1.56. The topological polar surface area (TPSA) is 47.6 Å². The number of hydrogen-bond donors (Lipinski definition) is 1. The third kappa shape index (κ3) is 2.19. The van der Waals surface area contributed by atoms with E-state index in [1.165, 1.54) is 0 Å². The van der Waals surface area contributed by atoms with E-state index in [0.29, 0.717) is 19.6 Å². The van der Waals surface area contributed by atoms with Crippen molar-refractivity contribution < 1.29 is 14.3 Å². The summed E-state index contributed by atoms with van der Waals surface area (Å²) in [5.41, 5.74) is -0.699. The molecule has 4 heteroatoms. The van der Waals surface area contributed by atoms with Crippen molar-refractivity contribution in [1.82, 2.24) is 5.32 Å². The van der Waals surface area contributed by atoms with Crippen LogP contribution in [0.3, 0.4) is 0 Å². The largest absolute Gasteiger partial charge is 0.377 e. The molecule has 0 aliphatic carbocycles. The lowest BCUT2D eigenvalue weighted by Crippen LogP contribution is -2.55. The van der Waals surface area contributed by atoms with Crippen molar-refractivity contribution in [3.05, 3.63) is 0 Å². The van der Waals surface area contributed by atoms with E-state index in [1.807, 2.05) is 6.92 Å². The molecule has 1 unspecified atom stereocenters. The summed E-state index contributed by atoms with van der Waals surface area (Å²) in [6, 6.07) is 0.175. The summed E-state index contributed by atoms with van der Waals surface area (Å²) in [6.07, 6.45) is 0.670. The van der Waals surface area contributed by atoms with Crippen LogP contribution in [0.4, 0.5) is 0 Å². The van der Waals surface area contributed by atoms with Crippen LogP contribution in [0.25, 0.3) is 0 Å². The average Bonchev–Trinajstić information content (AvgIpc) is 2.09. The summed E-state index contributed by atoms with van der Waals surface area (Å²) in [5.74, 6) is -0.0502. The molecule has 1 heterocycles. The zero-order valence-corrected chi connectivity index (χ0v) is 8.42. The monoisotopic (exact) mass is 187 g/mol. The van der Waals surface area contributed by atoms with Crippen LogP contribution in [0.2, 0.25) is 0 Å². The molecule has 1 rings (SSSR count). The first kappa shape index (κ1) is 10.5. The first-order valence-corrected chi connectivity index (χ1v) is 4.56. The lowest BCUT2D eigenvalue weighted by Gasteiger charge is -2.32. The standard InChI is InChI=1S/C9H17NO3/c1-4-9(2,12-3)8(11)10-7-5-13-6-7/h7H,4-6H2,1-3H3,(H,10,11). The lowest BCUT2D eigenvalue weighted by molar-refractivity contribution is -0.145. The Morgan fingerprint density at radius 1 is 1.69 bits per heavy atom. The van der Waals surface area contributed by atoms with Crippen LogP contribution < -0.4 is 5.32 Å². The van der Waals surface area contributed by atoms with Gasteiger partial charge in [0.1, 0.15) is 5.60 Å². The van der Waals surface area contributed by atoms with E-state index >= 15 is 0 Å². The molecule has 0 saturated carbocycles. The molecule has 0 spiro atoms. The number of carbonyl (C=O) groups excluding carboxylic acids is 1. The fourth-order valence-electron chi connectivity index (χ4n) is 1.05. The van der Waals surface area contributed by atoms with Crippen LogP contribution >= 0.6 is 0 Å². The van der Waals surface area contributed by atoms with Gasteiger partial charge in [-0.1, -0.05) is 6.92 Å². The molecule has 1 N–H and O–H groups in total. The molecule has 76 valence electrons. The van der Waals surface area contributed by atoms with E-state index in [9.17, 15) is 4.79 Å². The summed E-state index contributed by atoms with van der Waals surface area (Å²) in [6.45, 7) is 4.96. The van der Waals surface area contributed by atoms with Gasteiger partial charge in [0, 0.05) is 7.11 Å². The van der Waals surface area contributed by atoms with Crippen molar-refractivity contribution in [2.24, 2.45) is 0 Å². The molecule has 1 aliphatic rings. The van der Waals surface area contributed by atoms with E-state index in [0.717, 1.165) is 0 Å². The fraction of sp³-hybridized carbons (Fsp3) is 0.889. The van der Waals surface area contributed by atoms with Crippen molar-refractivity contribution in [3.8, 4) is 0 Å². The number of ether oxygens (including phenoxy) is 2.